The third kappa shape index (κ3) is 7.27. The lowest BCUT2D eigenvalue weighted by molar-refractivity contribution is 0.282. The van der Waals surface area contributed by atoms with E-state index in [0.717, 1.165) is 13.1 Å². The lowest BCUT2D eigenvalue weighted by Gasteiger charge is -2.23. The molecule has 0 fully saturated rings. The number of hydrogen-bond donors (Lipinski definition) is 2. The van der Waals surface area contributed by atoms with Crippen LogP contribution in [-0.4, -0.2) is 59.7 Å². The van der Waals surface area contributed by atoms with Gasteiger partial charge in [-0.05, 0) is 32.1 Å². The fourth-order valence-electron chi connectivity index (χ4n) is 2.27. The minimum absolute atomic E-state index is 0.116. The zero-order valence-corrected chi connectivity index (χ0v) is 16.0. The highest BCUT2D eigenvalue weighted by Gasteiger charge is 2.18. The molecule has 0 amide bonds. The van der Waals surface area contributed by atoms with Crippen LogP contribution in [0.3, 0.4) is 0 Å². The standard InChI is InChI=1S/C15H27N3O4S2/c1-4-18(5-2)13-14(3)17-23(19,20)12-11-16-24(21,22)15-9-7-6-8-10-15/h6-10,14,16-17H,4-5,11-13H2,1-3H3. The molecule has 0 radical (unpaired) electrons. The number of rotatable bonds is 11. The molecule has 9 heteroatoms. The number of likely N-dealkylation sites (N-methyl/N-ethyl adjacent to an activating group) is 1. The number of sulfonamides is 2. The van der Waals surface area contributed by atoms with Gasteiger partial charge in [-0.1, -0.05) is 32.0 Å². The normalized spacial score (nSPS) is 14.0. The molecule has 0 aliphatic rings. The van der Waals surface area contributed by atoms with Crippen LogP contribution < -0.4 is 9.44 Å². The van der Waals surface area contributed by atoms with E-state index in [1.807, 2.05) is 13.8 Å². The van der Waals surface area contributed by atoms with E-state index >= 15 is 0 Å². The van der Waals surface area contributed by atoms with Gasteiger partial charge in [0, 0.05) is 19.1 Å². The lowest BCUT2D eigenvalue weighted by atomic mass is 10.3. The van der Waals surface area contributed by atoms with Crippen LogP contribution in [0.2, 0.25) is 0 Å². The van der Waals surface area contributed by atoms with Crippen molar-refractivity contribution in [1.29, 1.82) is 0 Å². The monoisotopic (exact) mass is 377 g/mol. The van der Waals surface area contributed by atoms with Gasteiger partial charge in [0.15, 0.2) is 0 Å². The van der Waals surface area contributed by atoms with E-state index < -0.39 is 20.0 Å². The zero-order valence-electron chi connectivity index (χ0n) is 14.4. The molecule has 0 saturated carbocycles. The van der Waals surface area contributed by atoms with Gasteiger partial charge in [0.2, 0.25) is 20.0 Å². The molecule has 138 valence electrons. The molecule has 0 spiro atoms. The molecule has 1 rings (SSSR count). The van der Waals surface area contributed by atoms with Crippen molar-refractivity contribution < 1.29 is 16.8 Å². The highest BCUT2D eigenvalue weighted by molar-refractivity contribution is 7.90. The van der Waals surface area contributed by atoms with Gasteiger partial charge in [0.05, 0.1) is 10.6 Å². The van der Waals surface area contributed by atoms with Gasteiger partial charge in [-0.25, -0.2) is 26.3 Å². The Morgan fingerprint density at radius 1 is 1.04 bits per heavy atom. The van der Waals surface area contributed by atoms with E-state index in [9.17, 15) is 16.8 Å². The first-order valence-corrected chi connectivity index (χ1v) is 11.1. The molecular formula is C15H27N3O4S2. The van der Waals surface area contributed by atoms with Gasteiger partial charge in [0.1, 0.15) is 0 Å². The molecule has 0 heterocycles. The first-order chi connectivity index (χ1) is 11.2. The summed E-state index contributed by atoms with van der Waals surface area (Å²) in [6.45, 7) is 7.96. The van der Waals surface area contributed by atoms with Crippen molar-refractivity contribution in [3.8, 4) is 0 Å². The maximum atomic E-state index is 12.1. The first kappa shape index (κ1) is 21.0. The van der Waals surface area contributed by atoms with Gasteiger partial charge in [0.25, 0.3) is 0 Å². The second-order valence-corrected chi connectivity index (χ2v) is 9.17. The summed E-state index contributed by atoms with van der Waals surface area (Å²) in [6.07, 6.45) is 0. The van der Waals surface area contributed by atoms with Crippen molar-refractivity contribution >= 4 is 20.0 Å². The van der Waals surface area contributed by atoms with Crippen molar-refractivity contribution in [2.75, 3.05) is 31.9 Å². The second kappa shape index (κ2) is 9.47. The molecule has 24 heavy (non-hydrogen) atoms. The number of nitrogens with zero attached hydrogens (tertiary/aromatic N) is 1. The fourth-order valence-corrected chi connectivity index (χ4v) is 4.62. The average molecular weight is 378 g/mol. The van der Waals surface area contributed by atoms with Crippen LogP contribution in [0.4, 0.5) is 0 Å². The topological polar surface area (TPSA) is 95.6 Å². The van der Waals surface area contributed by atoms with Crippen LogP contribution in [0.25, 0.3) is 0 Å². The summed E-state index contributed by atoms with van der Waals surface area (Å²) in [5.74, 6) is -0.304. The Kier molecular flexibility index (Phi) is 8.31. The summed E-state index contributed by atoms with van der Waals surface area (Å²) in [4.78, 5) is 2.23. The van der Waals surface area contributed by atoms with Crippen LogP contribution in [0.5, 0.6) is 0 Å². The van der Waals surface area contributed by atoms with E-state index in [1.54, 1.807) is 25.1 Å². The molecule has 1 unspecified atom stereocenters. The summed E-state index contributed by atoms with van der Waals surface area (Å²) < 4.78 is 53.1. The minimum Gasteiger partial charge on any atom is -0.302 e. The van der Waals surface area contributed by atoms with E-state index in [2.05, 4.69) is 14.3 Å². The van der Waals surface area contributed by atoms with Gasteiger partial charge in [-0.15, -0.1) is 0 Å². The molecule has 0 aliphatic heterocycles. The number of benzene rings is 1. The van der Waals surface area contributed by atoms with Gasteiger partial charge in [-0.2, -0.15) is 0 Å². The molecule has 7 nitrogen and oxygen atoms in total. The van der Waals surface area contributed by atoms with Gasteiger partial charge in [-0.3, -0.25) is 0 Å². The van der Waals surface area contributed by atoms with E-state index in [-0.39, 0.29) is 23.2 Å². The molecule has 0 aromatic heterocycles. The maximum Gasteiger partial charge on any atom is 0.240 e. The minimum atomic E-state index is -3.69. The molecule has 0 bridgehead atoms. The largest absolute Gasteiger partial charge is 0.302 e. The van der Waals surface area contributed by atoms with Crippen molar-refractivity contribution in [2.45, 2.75) is 31.7 Å². The highest BCUT2D eigenvalue weighted by atomic mass is 32.2. The Balaban J connectivity index is 2.51. The quantitative estimate of drug-likeness (QED) is 0.589. The van der Waals surface area contributed by atoms with Crippen molar-refractivity contribution in [3.63, 3.8) is 0 Å². The van der Waals surface area contributed by atoms with Crippen molar-refractivity contribution in [1.82, 2.24) is 14.3 Å². The Labute approximate surface area is 145 Å². The third-order valence-electron chi connectivity index (χ3n) is 3.52. The SMILES string of the molecule is CCN(CC)CC(C)NS(=O)(=O)CCNS(=O)(=O)c1ccccc1. The van der Waals surface area contributed by atoms with E-state index in [4.69, 9.17) is 0 Å². The molecule has 1 atom stereocenters. The van der Waals surface area contributed by atoms with Crippen molar-refractivity contribution in [3.05, 3.63) is 30.3 Å². The molecular weight excluding hydrogens is 350 g/mol. The summed E-state index contributed by atoms with van der Waals surface area (Å²) in [5, 5.41) is 0. The summed E-state index contributed by atoms with van der Waals surface area (Å²) in [6, 6.07) is 7.62. The van der Waals surface area contributed by atoms with Crippen LogP contribution in [-0.2, 0) is 20.0 Å². The molecule has 0 saturated heterocycles. The fraction of sp³-hybridized carbons (Fsp3) is 0.600. The van der Waals surface area contributed by atoms with E-state index in [0.29, 0.717) is 6.54 Å². The first-order valence-electron chi connectivity index (χ1n) is 7.97. The lowest BCUT2D eigenvalue weighted by Crippen LogP contribution is -2.44. The Hall–Kier alpha value is -1.00. The van der Waals surface area contributed by atoms with Crippen LogP contribution in [0.1, 0.15) is 20.8 Å². The summed E-state index contributed by atoms with van der Waals surface area (Å²) in [7, 11) is -7.24. The third-order valence-corrected chi connectivity index (χ3v) is 6.50. The summed E-state index contributed by atoms with van der Waals surface area (Å²) >= 11 is 0. The smallest absolute Gasteiger partial charge is 0.240 e. The van der Waals surface area contributed by atoms with Crippen LogP contribution in [0.15, 0.2) is 35.2 Å². The maximum absolute atomic E-state index is 12.1. The average Bonchev–Trinajstić information content (AvgIpc) is 2.52. The predicted molar refractivity (Wildman–Crippen MR) is 95.8 cm³/mol. The summed E-state index contributed by atoms with van der Waals surface area (Å²) in [5.41, 5.74) is 0. The van der Waals surface area contributed by atoms with Gasteiger partial charge < -0.3 is 4.90 Å². The Morgan fingerprint density at radius 2 is 1.62 bits per heavy atom. The highest BCUT2D eigenvalue weighted by Crippen LogP contribution is 2.06. The zero-order chi connectivity index (χ0) is 18.2. The second-order valence-electron chi connectivity index (χ2n) is 5.53. The molecule has 2 N–H and O–H groups in total. The molecule has 1 aromatic rings. The molecule has 0 aliphatic carbocycles. The Bertz CT molecular complexity index is 687. The van der Waals surface area contributed by atoms with E-state index in [1.165, 1.54) is 12.1 Å². The number of nitrogens with one attached hydrogen (secondary N) is 2. The molecule has 1 aromatic carbocycles. The van der Waals surface area contributed by atoms with Crippen molar-refractivity contribution in [2.24, 2.45) is 0 Å². The van der Waals surface area contributed by atoms with Crippen LogP contribution >= 0.6 is 0 Å². The van der Waals surface area contributed by atoms with Gasteiger partial charge >= 0.3 is 0 Å². The predicted octanol–water partition coefficient (Wildman–Crippen LogP) is 0.615. The number of hydrogen-bond acceptors (Lipinski definition) is 5. The Morgan fingerprint density at radius 3 is 2.17 bits per heavy atom. The van der Waals surface area contributed by atoms with Crippen LogP contribution in [0, 0.1) is 0 Å².